The van der Waals surface area contributed by atoms with E-state index in [1.807, 2.05) is 27.7 Å². The average Bonchev–Trinajstić information content (AvgIpc) is 1.99. The summed E-state index contributed by atoms with van der Waals surface area (Å²) in [6, 6.07) is 0.156. The van der Waals surface area contributed by atoms with E-state index in [9.17, 15) is 9.59 Å². The van der Waals surface area contributed by atoms with Crippen LogP contribution in [0.15, 0.2) is 0 Å². The van der Waals surface area contributed by atoms with Gasteiger partial charge in [0.1, 0.15) is 0 Å². The SMILES string of the molecule is CC(=O)COC(=O)N(C(C)C)C(C)C. The largest absolute Gasteiger partial charge is 0.441 e. The standard InChI is InChI=1S/C10H19NO3/c1-7(2)11(8(3)4)10(13)14-6-9(5)12/h7-8H,6H2,1-5H3. The molecule has 14 heavy (non-hydrogen) atoms. The van der Waals surface area contributed by atoms with Gasteiger partial charge in [0.15, 0.2) is 12.4 Å². The van der Waals surface area contributed by atoms with E-state index in [0.717, 1.165) is 0 Å². The van der Waals surface area contributed by atoms with Crippen molar-refractivity contribution in [1.29, 1.82) is 0 Å². The number of carbonyl (C=O) groups is 2. The van der Waals surface area contributed by atoms with Gasteiger partial charge in [-0.3, -0.25) is 4.79 Å². The highest BCUT2D eigenvalue weighted by atomic mass is 16.6. The van der Waals surface area contributed by atoms with Crippen molar-refractivity contribution in [3.8, 4) is 0 Å². The van der Waals surface area contributed by atoms with Gasteiger partial charge < -0.3 is 9.64 Å². The van der Waals surface area contributed by atoms with Crippen molar-refractivity contribution in [3.05, 3.63) is 0 Å². The summed E-state index contributed by atoms with van der Waals surface area (Å²) in [5, 5.41) is 0. The molecular weight excluding hydrogens is 182 g/mol. The van der Waals surface area contributed by atoms with Crippen molar-refractivity contribution >= 4 is 11.9 Å². The molecule has 0 spiro atoms. The molecule has 0 unspecified atom stereocenters. The number of nitrogens with zero attached hydrogens (tertiary/aromatic N) is 1. The first kappa shape index (κ1) is 12.9. The van der Waals surface area contributed by atoms with Crippen LogP contribution in [-0.4, -0.2) is 35.5 Å². The van der Waals surface area contributed by atoms with E-state index in [2.05, 4.69) is 0 Å². The molecule has 0 aromatic heterocycles. The summed E-state index contributed by atoms with van der Waals surface area (Å²) in [6.45, 7) is 8.89. The molecule has 82 valence electrons. The minimum absolute atomic E-state index is 0.0782. The van der Waals surface area contributed by atoms with Gasteiger partial charge in [0.05, 0.1) is 0 Å². The van der Waals surface area contributed by atoms with Crippen molar-refractivity contribution in [2.45, 2.75) is 46.7 Å². The van der Waals surface area contributed by atoms with E-state index in [1.54, 1.807) is 4.90 Å². The molecule has 1 amide bonds. The van der Waals surface area contributed by atoms with Gasteiger partial charge in [0.25, 0.3) is 0 Å². The monoisotopic (exact) mass is 201 g/mol. The minimum Gasteiger partial charge on any atom is -0.441 e. The topological polar surface area (TPSA) is 46.6 Å². The molecule has 0 aromatic rings. The minimum atomic E-state index is -0.426. The Labute approximate surface area is 85.2 Å². The zero-order chi connectivity index (χ0) is 11.3. The lowest BCUT2D eigenvalue weighted by atomic mass is 10.2. The number of Topliss-reactive ketones (excluding diaryl/α,β-unsaturated/α-hetero) is 1. The Balaban J connectivity index is 4.23. The normalized spacial score (nSPS) is 10.5. The van der Waals surface area contributed by atoms with Crippen molar-refractivity contribution < 1.29 is 14.3 Å². The van der Waals surface area contributed by atoms with Crippen LogP contribution in [0.1, 0.15) is 34.6 Å². The smallest absolute Gasteiger partial charge is 0.410 e. The zero-order valence-corrected chi connectivity index (χ0v) is 9.53. The lowest BCUT2D eigenvalue weighted by molar-refractivity contribution is -0.120. The molecule has 0 bridgehead atoms. The Morgan fingerprint density at radius 2 is 1.57 bits per heavy atom. The Hall–Kier alpha value is -1.06. The summed E-state index contributed by atoms with van der Waals surface area (Å²) >= 11 is 0. The molecular formula is C10H19NO3. The fraction of sp³-hybridized carbons (Fsp3) is 0.800. The number of carbonyl (C=O) groups excluding carboxylic acids is 2. The van der Waals surface area contributed by atoms with Crippen LogP contribution in [0, 0.1) is 0 Å². The van der Waals surface area contributed by atoms with Crippen LogP contribution in [-0.2, 0) is 9.53 Å². The third-order valence-electron chi connectivity index (χ3n) is 1.72. The van der Waals surface area contributed by atoms with Crippen molar-refractivity contribution in [2.75, 3.05) is 6.61 Å². The Bertz CT molecular complexity index is 203. The quantitative estimate of drug-likeness (QED) is 0.697. The maximum absolute atomic E-state index is 11.5. The fourth-order valence-corrected chi connectivity index (χ4v) is 1.26. The van der Waals surface area contributed by atoms with Crippen molar-refractivity contribution in [1.82, 2.24) is 4.90 Å². The van der Waals surface area contributed by atoms with Gasteiger partial charge in [0, 0.05) is 12.1 Å². The van der Waals surface area contributed by atoms with Crippen LogP contribution in [0.2, 0.25) is 0 Å². The molecule has 0 aliphatic rings. The Morgan fingerprint density at radius 1 is 1.14 bits per heavy atom. The summed E-state index contributed by atoms with van der Waals surface area (Å²) in [6.07, 6.45) is -0.426. The number of amides is 1. The average molecular weight is 201 g/mol. The Morgan fingerprint density at radius 3 is 1.86 bits per heavy atom. The predicted molar refractivity (Wildman–Crippen MR) is 54.1 cm³/mol. The van der Waals surface area contributed by atoms with E-state index in [4.69, 9.17) is 4.74 Å². The van der Waals surface area contributed by atoms with E-state index >= 15 is 0 Å². The maximum atomic E-state index is 11.5. The van der Waals surface area contributed by atoms with E-state index < -0.39 is 6.09 Å². The summed E-state index contributed by atoms with van der Waals surface area (Å²) in [5.41, 5.74) is 0. The van der Waals surface area contributed by atoms with Crippen molar-refractivity contribution in [3.63, 3.8) is 0 Å². The molecule has 0 aromatic carbocycles. The zero-order valence-electron chi connectivity index (χ0n) is 9.53. The van der Waals surface area contributed by atoms with Crippen LogP contribution in [0.4, 0.5) is 4.79 Å². The lowest BCUT2D eigenvalue weighted by Gasteiger charge is -2.29. The molecule has 0 radical (unpaired) electrons. The first-order valence-corrected chi connectivity index (χ1v) is 4.80. The second kappa shape index (κ2) is 5.62. The number of ether oxygens (including phenoxy) is 1. The number of hydrogen-bond acceptors (Lipinski definition) is 3. The van der Waals surface area contributed by atoms with E-state index in [1.165, 1.54) is 6.92 Å². The summed E-state index contributed by atoms with van der Waals surface area (Å²) < 4.78 is 4.83. The van der Waals surface area contributed by atoms with Gasteiger partial charge in [0.2, 0.25) is 0 Å². The summed E-state index contributed by atoms with van der Waals surface area (Å²) in [7, 11) is 0. The lowest BCUT2D eigenvalue weighted by Crippen LogP contribution is -2.42. The Kier molecular flexibility index (Phi) is 5.20. The van der Waals surface area contributed by atoms with Crippen LogP contribution >= 0.6 is 0 Å². The van der Waals surface area contributed by atoms with Gasteiger partial charge in [-0.15, -0.1) is 0 Å². The van der Waals surface area contributed by atoms with Crippen molar-refractivity contribution in [2.24, 2.45) is 0 Å². The molecule has 4 heteroatoms. The second-order valence-electron chi connectivity index (χ2n) is 3.85. The van der Waals surface area contributed by atoms with Gasteiger partial charge in [-0.2, -0.15) is 0 Å². The predicted octanol–water partition coefficient (Wildman–Crippen LogP) is 1.83. The van der Waals surface area contributed by atoms with Crippen LogP contribution in [0.25, 0.3) is 0 Å². The third-order valence-corrected chi connectivity index (χ3v) is 1.72. The fourth-order valence-electron chi connectivity index (χ4n) is 1.26. The molecule has 4 nitrogen and oxygen atoms in total. The van der Waals surface area contributed by atoms with Gasteiger partial charge in [-0.25, -0.2) is 4.79 Å². The highest BCUT2D eigenvalue weighted by molar-refractivity contribution is 5.79. The number of ketones is 1. The molecule has 0 aliphatic carbocycles. The number of hydrogen-bond donors (Lipinski definition) is 0. The molecule has 0 rings (SSSR count). The molecule has 0 saturated carbocycles. The highest BCUT2D eigenvalue weighted by Gasteiger charge is 2.21. The third kappa shape index (κ3) is 4.25. The molecule has 0 saturated heterocycles. The first-order chi connectivity index (χ1) is 6.36. The number of rotatable bonds is 4. The van der Waals surface area contributed by atoms with Crippen LogP contribution in [0.3, 0.4) is 0 Å². The molecule has 0 heterocycles. The highest BCUT2D eigenvalue weighted by Crippen LogP contribution is 2.07. The molecule has 0 atom stereocenters. The maximum Gasteiger partial charge on any atom is 0.410 e. The molecule has 0 N–H and O–H groups in total. The van der Waals surface area contributed by atoms with Crippen LogP contribution in [0.5, 0.6) is 0 Å². The van der Waals surface area contributed by atoms with E-state index in [0.29, 0.717) is 0 Å². The summed E-state index contributed by atoms with van der Waals surface area (Å²) in [4.78, 5) is 23.7. The summed E-state index contributed by atoms with van der Waals surface area (Å²) in [5.74, 6) is -0.147. The van der Waals surface area contributed by atoms with Gasteiger partial charge in [-0.05, 0) is 34.6 Å². The molecule has 0 aliphatic heterocycles. The van der Waals surface area contributed by atoms with Gasteiger partial charge in [-0.1, -0.05) is 0 Å². The molecule has 0 fully saturated rings. The first-order valence-electron chi connectivity index (χ1n) is 4.80. The van der Waals surface area contributed by atoms with Crippen LogP contribution < -0.4 is 0 Å². The second-order valence-corrected chi connectivity index (χ2v) is 3.85. The van der Waals surface area contributed by atoms with E-state index in [-0.39, 0.29) is 24.5 Å². The van der Waals surface area contributed by atoms with Gasteiger partial charge >= 0.3 is 6.09 Å².